The zero-order valence-corrected chi connectivity index (χ0v) is 8.73. The quantitative estimate of drug-likeness (QED) is 0.749. The smallest absolute Gasteiger partial charge is 0.336 e. The van der Waals surface area contributed by atoms with Gasteiger partial charge >= 0.3 is 5.97 Å². The van der Waals surface area contributed by atoms with E-state index < -0.39 is 11.8 Å². The molecule has 0 saturated carbocycles. The number of aromatic carboxylic acids is 1. The first-order valence-electron chi connectivity index (χ1n) is 4.37. The molecule has 1 N–H and O–H groups in total. The Labute approximate surface area is 82.4 Å². The number of rotatable bonds is 1. The second kappa shape index (κ2) is 3.40. The van der Waals surface area contributed by atoms with Crippen LogP contribution >= 0.6 is 0 Å². The molecule has 1 aromatic rings. The Morgan fingerprint density at radius 2 is 1.50 bits per heavy atom. The second-order valence-electron chi connectivity index (χ2n) is 3.49. The van der Waals surface area contributed by atoms with Crippen LogP contribution in [0.4, 0.5) is 4.39 Å². The van der Waals surface area contributed by atoms with Crippen molar-refractivity contribution in [3.63, 3.8) is 0 Å². The summed E-state index contributed by atoms with van der Waals surface area (Å²) in [4.78, 5) is 10.9. The average molecular weight is 196 g/mol. The Balaban J connectivity index is 3.68. The molecule has 0 aromatic heterocycles. The van der Waals surface area contributed by atoms with Crippen LogP contribution < -0.4 is 0 Å². The zero-order valence-electron chi connectivity index (χ0n) is 8.73. The van der Waals surface area contributed by atoms with E-state index in [4.69, 9.17) is 5.11 Å². The number of carboxylic acids is 1. The van der Waals surface area contributed by atoms with Crippen LogP contribution in [-0.2, 0) is 0 Å². The molecule has 0 aliphatic heterocycles. The highest BCUT2D eigenvalue weighted by Crippen LogP contribution is 2.25. The normalized spacial score (nSPS) is 10.4. The highest BCUT2D eigenvalue weighted by Gasteiger charge is 2.18. The molecule has 14 heavy (non-hydrogen) atoms. The third-order valence-corrected chi connectivity index (χ3v) is 2.75. The maximum atomic E-state index is 13.5. The van der Waals surface area contributed by atoms with E-state index in [0.29, 0.717) is 16.7 Å². The monoisotopic (exact) mass is 196 g/mol. The van der Waals surface area contributed by atoms with Gasteiger partial charge in [0.25, 0.3) is 0 Å². The first-order valence-corrected chi connectivity index (χ1v) is 4.37. The Bertz CT molecular complexity index is 379. The standard InChI is InChI=1S/C11H13FO2/c1-5-6(2)9(11(13)14)8(4)10(12)7(5)3/h1-4H3,(H,13,14). The highest BCUT2D eigenvalue weighted by atomic mass is 19.1. The van der Waals surface area contributed by atoms with Gasteiger partial charge in [-0.05, 0) is 49.9 Å². The van der Waals surface area contributed by atoms with Gasteiger partial charge in [-0.1, -0.05) is 0 Å². The van der Waals surface area contributed by atoms with Crippen LogP contribution in [0.5, 0.6) is 0 Å². The molecule has 0 fully saturated rings. The van der Waals surface area contributed by atoms with E-state index >= 15 is 0 Å². The lowest BCUT2D eigenvalue weighted by Crippen LogP contribution is -2.08. The predicted molar refractivity (Wildman–Crippen MR) is 52.3 cm³/mol. The van der Waals surface area contributed by atoms with E-state index in [2.05, 4.69) is 0 Å². The SMILES string of the molecule is Cc1c(C)c(F)c(C)c(C(=O)O)c1C. The summed E-state index contributed by atoms with van der Waals surface area (Å²) in [5.41, 5.74) is 2.20. The van der Waals surface area contributed by atoms with Crippen LogP contribution in [0.15, 0.2) is 0 Å². The van der Waals surface area contributed by atoms with Gasteiger partial charge in [-0.2, -0.15) is 0 Å². The number of hydrogen-bond donors (Lipinski definition) is 1. The van der Waals surface area contributed by atoms with E-state index in [9.17, 15) is 9.18 Å². The summed E-state index contributed by atoms with van der Waals surface area (Å²) in [7, 11) is 0. The Morgan fingerprint density at radius 3 is 1.93 bits per heavy atom. The number of benzene rings is 1. The van der Waals surface area contributed by atoms with Gasteiger partial charge in [0, 0.05) is 0 Å². The Morgan fingerprint density at radius 1 is 1.00 bits per heavy atom. The van der Waals surface area contributed by atoms with E-state index in [1.165, 1.54) is 6.92 Å². The molecule has 1 aromatic carbocycles. The molecule has 0 aliphatic carbocycles. The van der Waals surface area contributed by atoms with Crippen LogP contribution in [0, 0.1) is 33.5 Å². The maximum absolute atomic E-state index is 13.5. The van der Waals surface area contributed by atoms with Crippen LogP contribution in [-0.4, -0.2) is 11.1 Å². The number of carboxylic acid groups (broad SMARTS) is 1. The first kappa shape index (κ1) is 10.7. The molecule has 0 atom stereocenters. The fraction of sp³-hybridized carbons (Fsp3) is 0.364. The minimum absolute atomic E-state index is 0.0885. The third kappa shape index (κ3) is 1.39. The van der Waals surface area contributed by atoms with Crippen molar-refractivity contribution >= 4 is 5.97 Å². The van der Waals surface area contributed by atoms with Crippen LogP contribution in [0.2, 0.25) is 0 Å². The Kier molecular flexibility index (Phi) is 2.60. The summed E-state index contributed by atoms with van der Waals surface area (Å²) >= 11 is 0. The number of halogens is 1. The summed E-state index contributed by atoms with van der Waals surface area (Å²) in [6, 6.07) is 0. The van der Waals surface area contributed by atoms with Crippen molar-refractivity contribution in [3.05, 3.63) is 33.6 Å². The van der Waals surface area contributed by atoms with Crippen LogP contribution in [0.1, 0.15) is 32.6 Å². The maximum Gasteiger partial charge on any atom is 0.336 e. The van der Waals surface area contributed by atoms with Crippen molar-refractivity contribution < 1.29 is 14.3 Å². The average Bonchev–Trinajstić information content (AvgIpc) is 2.11. The van der Waals surface area contributed by atoms with Crippen LogP contribution in [0.25, 0.3) is 0 Å². The summed E-state index contributed by atoms with van der Waals surface area (Å²) < 4.78 is 13.5. The third-order valence-electron chi connectivity index (χ3n) is 2.75. The van der Waals surface area contributed by atoms with Crippen molar-refractivity contribution in [2.75, 3.05) is 0 Å². The van der Waals surface area contributed by atoms with Crippen molar-refractivity contribution in [1.29, 1.82) is 0 Å². The molecular weight excluding hydrogens is 183 g/mol. The molecule has 0 spiro atoms. The lowest BCUT2D eigenvalue weighted by molar-refractivity contribution is 0.0694. The molecule has 2 nitrogen and oxygen atoms in total. The molecule has 0 saturated heterocycles. The van der Waals surface area contributed by atoms with Gasteiger partial charge in [0.2, 0.25) is 0 Å². The number of carbonyl (C=O) groups is 1. The highest BCUT2D eigenvalue weighted by molar-refractivity contribution is 5.91. The lowest BCUT2D eigenvalue weighted by Gasteiger charge is -2.13. The van der Waals surface area contributed by atoms with E-state index in [-0.39, 0.29) is 11.1 Å². The van der Waals surface area contributed by atoms with Gasteiger partial charge in [-0.25, -0.2) is 9.18 Å². The molecular formula is C11H13FO2. The molecule has 0 aliphatic rings. The summed E-state index contributed by atoms with van der Waals surface area (Å²) in [6.45, 7) is 6.60. The lowest BCUT2D eigenvalue weighted by atomic mass is 9.94. The van der Waals surface area contributed by atoms with Gasteiger partial charge in [-0.15, -0.1) is 0 Å². The van der Waals surface area contributed by atoms with Crippen molar-refractivity contribution in [2.24, 2.45) is 0 Å². The molecule has 0 radical (unpaired) electrons. The summed E-state index contributed by atoms with van der Waals surface area (Å²) in [6.07, 6.45) is 0. The van der Waals surface area contributed by atoms with Gasteiger partial charge in [0.05, 0.1) is 5.56 Å². The minimum atomic E-state index is -1.07. The Hall–Kier alpha value is -1.38. The summed E-state index contributed by atoms with van der Waals surface area (Å²) in [5, 5.41) is 8.92. The van der Waals surface area contributed by atoms with Gasteiger partial charge in [0.1, 0.15) is 5.82 Å². The van der Waals surface area contributed by atoms with Crippen molar-refractivity contribution in [3.8, 4) is 0 Å². The number of hydrogen-bond acceptors (Lipinski definition) is 1. The van der Waals surface area contributed by atoms with Gasteiger partial charge in [-0.3, -0.25) is 0 Å². The zero-order chi connectivity index (χ0) is 11.0. The van der Waals surface area contributed by atoms with E-state index in [1.54, 1.807) is 20.8 Å². The van der Waals surface area contributed by atoms with Crippen molar-refractivity contribution in [2.45, 2.75) is 27.7 Å². The molecule has 0 bridgehead atoms. The predicted octanol–water partition coefficient (Wildman–Crippen LogP) is 2.76. The van der Waals surface area contributed by atoms with E-state index in [0.717, 1.165) is 0 Å². The molecule has 0 amide bonds. The van der Waals surface area contributed by atoms with Crippen LogP contribution in [0.3, 0.4) is 0 Å². The van der Waals surface area contributed by atoms with Gasteiger partial charge < -0.3 is 5.11 Å². The first-order chi connectivity index (χ1) is 6.37. The fourth-order valence-corrected chi connectivity index (χ4v) is 1.63. The molecule has 1 rings (SSSR count). The van der Waals surface area contributed by atoms with Crippen molar-refractivity contribution in [1.82, 2.24) is 0 Å². The second-order valence-corrected chi connectivity index (χ2v) is 3.49. The topological polar surface area (TPSA) is 37.3 Å². The molecule has 3 heteroatoms. The van der Waals surface area contributed by atoms with E-state index in [1.807, 2.05) is 0 Å². The van der Waals surface area contributed by atoms with Gasteiger partial charge in [0.15, 0.2) is 0 Å². The minimum Gasteiger partial charge on any atom is -0.478 e. The largest absolute Gasteiger partial charge is 0.478 e. The summed E-state index contributed by atoms with van der Waals surface area (Å²) in [5.74, 6) is -1.48. The fourth-order valence-electron chi connectivity index (χ4n) is 1.63. The molecule has 76 valence electrons. The molecule has 0 unspecified atom stereocenters. The molecule has 0 heterocycles.